The first-order valence-corrected chi connectivity index (χ1v) is 7.29. The van der Waals surface area contributed by atoms with Gasteiger partial charge in [0, 0.05) is 18.8 Å². The van der Waals surface area contributed by atoms with Gasteiger partial charge in [0.25, 0.3) is 0 Å². The van der Waals surface area contributed by atoms with Gasteiger partial charge in [0.2, 0.25) is 0 Å². The van der Waals surface area contributed by atoms with E-state index >= 15 is 0 Å². The Morgan fingerprint density at radius 3 is 2.95 bits per heavy atom. The van der Waals surface area contributed by atoms with Crippen LogP contribution in [0.5, 0.6) is 0 Å². The molecule has 0 aromatic heterocycles. The molecular formula is C16H23N3. The minimum Gasteiger partial charge on any atom is -0.399 e. The van der Waals surface area contributed by atoms with E-state index in [0.717, 1.165) is 24.7 Å². The number of rotatable bonds is 3. The Bertz CT molecular complexity index is 462. The molecule has 1 unspecified atom stereocenters. The topological polar surface area (TPSA) is 53.0 Å². The zero-order valence-electron chi connectivity index (χ0n) is 11.7. The summed E-state index contributed by atoms with van der Waals surface area (Å²) >= 11 is 0. The minimum absolute atomic E-state index is 0.666. The van der Waals surface area contributed by atoms with Gasteiger partial charge in [0.15, 0.2) is 0 Å². The van der Waals surface area contributed by atoms with Gasteiger partial charge >= 0.3 is 0 Å². The molecule has 0 radical (unpaired) electrons. The van der Waals surface area contributed by atoms with E-state index < -0.39 is 0 Å². The van der Waals surface area contributed by atoms with Crippen LogP contribution >= 0.6 is 0 Å². The summed E-state index contributed by atoms with van der Waals surface area (Å²) in [7, 11) is 0. The normalized spacial score (nSPS) is 19.8. The minimum atomic E-state index is 0.666. The maximum Gasteiger partial charge on any atom is 0.101 e. The first-order valence-electron chi connectivity index (χ1n) is 7.29. The molecular weight excluding hydrogens is 234 g/mol. The number of nitriles is 1. The quantitative estimate of drug-likeness (QED) is 0.842. The number of nitrogens with two attached hydrogens (primary N) is 1. The van der Waals surface area contributed by atoms with Gasteiger partial charge in [-0.1, -0.05) is 19.8 Å². The van der Waals surface area contributed by atoms with E-state index in [-0.39, 0.29) is 0 Å². The van der Waals surface area contributed by atoms with Crippen molar-refractivity contribution >= 4 is 11.4 Å². The fourth-order valence-corrected chi connectivity index (χ4v) is 3.02. The molecule has 1 aliphatic rings. The van der Waals surface area contributed by atoms with Crippen LogP contribution in [0.25, 0.3) is 0 Å². The van der Waals surface area contributed by atoms with E-state index in [1.54, 1.807) is 6.07 Å². The SMILES string of the molecule is CCCC1CCCN(c2ccc(N)cc2C#N)CC1. The van der Waals surface area contributed by atoms with Crippen LogP contribution in [0.3, 0.4) is 0 Å². The second-order valence-electron chi connectivity index (χ2n) is 5.46. The summed E-state index contributed by atoms with van der Waals surface area (Å²) in [5, 5.41) is 9.25. The molecule has 3 nitrogen and oxygen atoms in total. The molecule has 3 heteroatoms. The van der Waals surface area contributed by atoms with Crippen molar-refractivity contribution in [3.05, 3.63) is 23.8 Å². The van der Waals surface area contributed by atoms with Gasteiger partial charge in [-0.3, -0.25) is 0 Å². The van der Waals surface area contributed by atoms with Crippen molar-refractivity contribution in [2.45, 2.75) is 39.0 Å². The van der Waals surface area contributed by atoms with E-state index in [4.69, 9.17) is 5.73 Å². The van der Waals surface area contributed by atoms with Crippen molar-refractivity contribution in [3.63, 3.8) is 0 Å². The molecule has 0 bridgehead atoms. The number of nitrogen functional groups attached to an aromatic ring is 1. The molecule has 1 fully saturated rings. The highest BCUT2D eigenvalue weighted by atomic mass is 15.1. The van der Waals surface area contributed by atoms with Crippen molar-refractivity contribution in [2.24, 2.45) is 5.92 Å². The number of hydrogen-bond acceptors (Lipinski definition) is 3. The van der Waals surface area contributed by atoms with Gasteiger partial charge < -0.3 is 10.6 Å². The molecule has 2 rings (SSSR count). The third-order valence-corrected chi connectivity index (χ3v) is 4.03. The molecule has 1 aromatic rings. The monoisotopic (exact) mass is 257 g/mol. The third kappa shape index (κ3) is 3.41. The highest BCUT2D eigenvalue weighted by molar-refractivity contribution is 5.64. The van der Waals surface area contributed by atoms with Crippen molar-refractivity contribution in [3.8, 4) is 6.07 Å². The average Bonchev–Trinajstić information content (AvgIpc) is 2.65. The third-order valence-electron chi connectivity index (χ3n) is 4.03. The summed E-state index contributed by atoms with van der Waals surface area (Å²) in [4.78, 5) is 2.35. The Hall–Kier alpha value is -1.69. The van der Waals surface area contributed by atoms with Gasteiger partial charge in [-0.15, -0.1) is 0 Å². The van der Waals surface area contributed by atoms with Crippen LogP contribution in [-0.4, -0.2) is 13.1 Å². The van der Waals surface area contributed by atoms with Crippen LogP contribution in [0.1, 0.15) is 44.6 Å². The second-order valence-corrected chi connectivity index (χ2v) is 5.46. The lowest BCUT2D eigenvalue weighted by molar-refractivity contribution is 0.435. The Balaban J connectivity index is 2.12. The van der Waals surface area contributed by atoms with Crippen LogP contribution < -0.4 is 10.6 Å². The van der Waals surface area contributed by atoms with Gasteiger partial charge in [0.05, 0.1) is 11.3 Å². The smallest absolute Gasteiger partial charge is 0.101 e. The van der Waals surface area contributed by atoms with Crippen LogP contribution in [0, 0.1) is 17.2 Å². The molecule has 1 heterocycles. The Morgan fingerprint density at radius 2 is 2.21 bits per heavy atom. The largest absolute Gasteiger partial charge is 0.399 e. The molecule has 1 saturated heterocycles. The van der Waals surface area contributed by atoms with Gasteiger partial charge in [0.1, 0.15) is 6.07 Å². The van der Waals surface area contributed by atoms with Crippen molar-refractivity contribution in [1.82, 2.24) is 0 Å². The number of anilines is 2. The van der Waals surface area contributed by atoms with E-state index in [0.29, 0.717) is 11.3 Å². The van der Waals surface area contributed by atoms with Gasteiger partial charge in [-0.05, 0) is 43.4 Å². The number of benzene rings is 1. The van der Waals surface area contributed by atoms with Crippen LogP contribution in [0.15, 0.2) is 18.2 Å². The second kappa shape index (κ2) is 6.47. The highest BCUT2D eigenvalue weighted by Gasteiger charge is 2.18. The Kier molecular flexibility index (Phi) is 4.68. The number of hydrogen-bond donors (Lipinski definition) is 1. The Morgan fingerprint density at radius 1 is 1.37 bits per heavy atom. The predicted molar refractivity (Wildman–Crippen MR) is 80.0 cm³/mol. The maximum absolute atomic E-state index is 9.25. The molecule has 19 heavy (non-hydrogen) atoms. The summed E-state index contributed by atoms with van der Waals surface area (Å²) in [6.45, 7) is 4.37. The Labute approximate surface area is 116 Å². The lowest BCUT2D eigenvalue weighted by Crippen LogP contribution is -2.25. The van der Waals surface area contributed by atoms with Gasteiger partial charge in [-0.25, -0.2) is 0 Å². The maximum atomic E-state index is 9.25. The molecule has 0 aliphatic carbocycles. The molecule has 102 valence electrons. The van der Waals surface area contributed by atoms with E-state index in [1.165, 1.54) is 32.1 Å². The molecule has 1 aliphatic heterocycles. The van der Waals surface area contributed by atoms with E-state index in [1.807, 2.05) is 12.1 Å². The number of nitrogens with zero attached hydrogens (tertiary/aromatic N) is 2. The molecule has 1 aromatic carbocycles. The fraction of sp³-hybridized carbons (Fsp3) is 0.562. The highest BCUT2D eigenvalue weighted by Crippen LogP contribution is 2.28. The van der Waals surface area contributed by atoms with Crippen LogP contribution in [0.2, 0.25) is 0 Å². The zero-order chi connectivity index (χ0) is 13.7. The van der Waals surface area contributed by atoms with Crippen molar-refractivity contribution in [2.75, 3.05) is 23.7 Å². The summed E-state index contributed by atoms with van der Waals surface area (Å²) in [6, 6.07) is 7.94. The average molecular weight is 257 g/mol. The van der Waals surface area contributed by atoms with Gasteiger partial charge in [-0.2, -0.15) is 5.26 Å². The van der Waals surface area contributed by atoms with E-state index in [2.05, 4.69) is 17.9 Å². The van der Waals surface area contributed by atoms with Crippen LogP contribution in [-0.2, 0) is 0 Å². The predicted octanol–water partition coefficient (Wildman–Crippen LogP) is 3.55. The summed E-state index contributed by atoms with van der Waals surface area (Å²) in [5.74, 6) is 0.856. The molecule has 0 spiro atoms. The van der Waals surface area contributed by atoms with E-state index in [9.17, 15) is 5.26 Å². The summed E-state index contributed by atoms with van der Waals surface area (Å²) in [6.07, 6.45) is 6.39. The van der Waals surface area contributed by atoms with Crippen LogP contribution in [0.4, 0.5) is 11.4 Å². The standard InChI is InChI=1S/C16H23N3/c1-2-4-13-5-3-9-19(10-8-13)16-7-6-15(18)11-14(16)12-17/h6-7,11,13H,2-5,8-10,18H2,1H3. The zero-order valence-corrected chi connectivity index (χ0v) is 11.7. The van der Waals surface area contributed by atoms with Crippen molar-refractivity contribution in [1.29, 1.82) is 5.26 Å². The lowest BCUT2D eigenvalue weighted by Gasteiger charge is -2.24. The first kappa shape index (κ1) is 13.7. The fourth-order valence-electron chi connectivity index (χ4n) is 3.02. The molecule has 1 atom stereocenters. The molecule has 0 saturated carbocycles. The summed E-state index contributed by atoms with van der Waals surface area (Å²) < 4.78 is 0. The summed E-state index contributed by atoms with van der Waals surface area (Å²) in [5.41, 5.74) is 8.17. The molecule has 2 N–H and O–H groups in total. The van der Waals surface area contributed by atoms with Crippen molar-refractivity contribution < 1.29 is 0 Å². The lowest BCUT2D eigenvalue weighted by atomic mass is 9.96. The molecule has 0 amide bonds. The first-order chi connectivity index (χ1) is 9.24.